The quantitative estimate of drug-likeness (QED) is 0.632. The molecule has 0 bridgehead atoms. The highest BCUT2D eigenvalue weighted by atomic mass is 35.5. The van der Waals surface area contributed by atoms with E-state index in [1.165, 1.54) is 4.31 Å². The molecule has 0 aliphatic carbocycles. The van der Waals surface area contributed by atoms with Crippen molar-refractivity contribution < 1.29 is 13.2 Å². The van der Waals surface area contributed by atoms with Crippen LogP contribution in [0.2, 0.25) is 10.0 Å². The van der Waals surface area contributed by atoms with Crippen molar-refractivity contribution >= 4 is 44.8 Å². The Labute approximate surface area is 176 Å². The molecule has 0 atom stereocenters. The van der Waals surface area contributed by atoms with Gasteiger partial charge in [0.15, 0.2) is 0 Å². The van der Waals surface area contributed by atoms with E-state index >= 15 is 0 Å². The second-order valence-corrected chi connectivity index (χ2v) is 9.38. The van der Waals surface area contributed by atoms with Crippen molar-refractivity contribution in [3.63, 3.8) is 0 Å². The zero-order chi connectivity index (χ0) is 20.7. The predicted octanol–water partition coefficient (Wildman–Crippen LogP) is 4.21. The highest BCUT2D eigenvalue weighted by Gasteiger charge is 2.19. The van der Waals surface area contributed by atoms with Gasteiger partial charge in [-0.05, 0) is 61.2 Å². The Bertz CT molecular complexity index is 916. The van der Waals surface area contributed by atoms with Gasteiger partial charge in [-0.25, -0.2) is 8.42 Å². The van der Waals surface area contributed by atoms with E-state index in [4.69, 9.17) is 23.2 Å². The number of carbonyl (C=O) groups excluding carboxylic acids is 1. The summed E-state index contributed by atoms with van der Waals surface area (Å²) in [5.74, 6) is -0.102. The molecule has 2 aromatic carbocycles. The normalized spacial score (nSPS) is 11.3. The highest BCUT2D eigenvalue weighted by molar-refractivity contribution is 7.92. The third-order valence-corrected chi connectivity index (χ3v) is 5.91. The van der Waals surface area contributed by atoms with Gasteiger partial charge in [0.05, 0.1) is 11.9 Å². The van der Waals surface area contributed by atoms with Crippen molar-refractivity contribution in [1.82, 2.24) is 5.32 Å². The first-order chi connectivity index (χ1) is 13.2. The molecule has 8 heteroatoms. The van der Waals surface area contributed by atoms with Gasteiger partial charge >= 0.3 is 0 Å². The number of carbonyl (C=O) groups is 1. The maximum Gasteiger partial charge on any atom is 0.232 e. The second-order valence-electron chi connectivity index (χ2n) is 6.60. The van der Waals surface area contributed by atoms with Crippen LogP contribution in [-0.4, -0.2) is 33.7 Å². The van der Waals surface area contributed by atoms with Crippen LogP contribution < -0.4 is 9.62 Å². The van der Waals surface area contributed by atoms with Gasteiger partial charge in [-0.1, -0.05) is 35.3 Å². The zero-order valence-electron chi connectivity index (χ0n) is 15.9. The van der Waals surface area contributed by atoms with E-state index in [2.05, 4.69) is 5.32 Å². The van der Waals surface area contributed by atoms with E-state index in [0.717, 1.165) is 17.4 Å². The van der Waals surface area contributed by atoms with E-state index in [1.54, 1.807) is 18.2 Å². The molecule has 1 N–H and O–H groups in total. The molecule has 0 saturated carbocycles. The summed E-state index contributed by atoms with van der Waals surface area (Å²) in [5.41, 5.74) is 2.44. The first-order valence-corrected chi connectivity index (χ1v) is 11.5. The van der Waals surface area contributed by atoms with E-state index in [1.807, 2.05) is 31.2 Å². The number of anilines is 1. The third kappa shape index (κ3) is 7.00. The minimum absolute atomic E-state index is 0.102. The molecule has 0 spiro atoms. The Morgan fingerprint density at radius 2 is 1.71 bits per heavy atom. The van der Waals surface area contributed by atoms with Crippen LogP contribution in [0, 0.1) is 6.92 Å². The minimum atomic E-state index is -3.46. The molecular formula is C20H24Cl2N2O3S. The predicted molar refractivity (Wildman–Crippen MR) is 116 cm³/mol. The lowest BCUT2D eigenvalue weighted by Crippen LogP contribution is -2.33. The van der Waals surface area contributed by atoms with Gasteiger partial charge in [0.1, 0.15) is 0 Å². The molecule has 0 saturated heterocycles. The monoisotopic (exact) mass is 442 g/mol. The lowest BCUT2D eigenvalue weighted by atomic mass is 10.1. The first kappa shape index (κ1) is 22.5. The number of nitrogens with one attached hydrogen (secondary N) is 1. The van der Waals surface area contributed by atoms with Gasteiger partial charge in [0.25, 0.3) is 0 Å². The van der Waals surface area contributed by atoms with Crippen LogP contribution in [0.15, 0.2) is 42.5 Å². The molecule has 2 rings (SSSR count). The Balaban J connectivity index is 1.84. The van der Waals surface area contributed by atoms with Crippen LogP contribution in [-0.2, 0) is 21.2 Å². The maximum absolute atomic E-state index is 12.2. The molecular weight excluding hydrogens is 419 g/mol. The molecule has 0 heterocycles. The van der Waals surface area contributed by atoms with Gasteiger partial charge < -0.3 is 5.32 Å². The summed E-state index contributed by atoms with van der Waals surface area (Å²) in [4.78, 5) is 12.0. The summed E-state index contributed by atoms with van der Waals surface area (Å²) >= 11 is 11.8. The van der Waals surface area contributed by atoms with E-state index in [-0.39, 0.29) is 18.9 Å². The van der Waals surface area contributed by atoms with Gasteiger partial charge in [-0.2, -0.15) is 0 Å². The van der Waals surface area contributed by atoms with Crippen LogP contribution in [0.4, 0.5) is 5.69 Å². The summed E-state index contributed by atoms with van der Waals surface area (Å²) < 4.78 is 25.7. The summed E-state index contributed by atoms with van der Waals surface area (Å²) in [6.07, 6.45) is 2.54. The number of amides is 1. The molecule has 0 fully saturated rings. The molecule has 0 aliphatic rings. The standard InChI is InChI=1S/C20H24Cl2N2O3S/c1-15-14-18(22)9-10-19(15)24(28(2,26)27)13-3-4-20(25)23-12-11-16-5-7-17(21)8-6-16/h5-10,14H,3-4,11-13H2,1-2H3,(H,23,25). The van der Waals surface area contributed by atoms with E-state index < -0.39 is 10.0 Å². The Hall–Kier alpha value is -1.76. The number of hydrogen-bond acceptors (Lipinski definition) is 3. The van der Waals surface area contributed by atoms with Gasteiger partial charge in [0, 0.05) is 29.6 Å². The molecule has 0 aliphatic heterocycles. The molecule has 0 unspecified atom stereocenters. The molecule has 28 heavy (non-hydrogen) atoms. The average molecular weight is 443 g/mol. The summed E-state index contributed by atoms with van der Waals surface area (Å²) in [7, 11) is -3.46. The number of halogens is 2. The fourth-order valence-corrected chi connectivity index (χ4v) is 4.21. The van der Waals surface area contributed by atoms with Crippen molar-refractivity contribution in [1.29, 1.82) is 0 Å². The number of hydrogen-bond donors (Lipinski definition) is 1. The first-order valence-electron chi connectivity index (χ1n) is 8.92. The Morgan fingerprint density at radius 3 is 2.32 bits per heavy atom. The van der Waals surface area contributed by atoms with E-state index in [9.17, 15) is 13.2 Å². The minimum Gasteiger partial charge on any atom is -0.356 e. The van der Waals surface area contributed by atoms with E-state index in [0.29, 0.717) is 35.1 Å². The Morgan fingerprint density at radius 1 is 1.07 bits per heavy atom. The Kier molecular flexibility index (Phi) is 8.16. The largest absolute Gasteiger partial charge is 0.356 e. The summed E-state index contributed by atoms with van der Waals surface area (Å²) in [6.45, 7) is 2.56. The van der Waals surface area contributed by atoms with Crippen LogP contribution in [0.3, 0.4) is 0 Å². The topological polar surface area (TPSA) is 66.5 Å². The summed E-state index contributed by atoms with van der Waals surface area (Å²) in [5, 5.41) is 4.09. The van der Waals surface area contributed by atoms with Gasteiger partial charge in [0.2, 0.25) is 15.9 Å². The lowest BCUT2D eigenvalue weighted by molar-refractivity contribution is -0.121. The van der Waals surface area contributed by atoms with Gasteiger partial charge in [-0.15, -0.1) is 0 Å². The smallest absolute Gasteiger partial charge is 0.232 e. The molecule has 152 valence electrons. The van der Waals surface area contributed by atoms with Crippen molar-refractivity contribution in [2.75, 3.05) is 23.7 Å². The molecule has 0 radical (unpaired) electrons. The highest BCUT2D eigenvalue weighted by Crippen LogP contribution is 2.25. The maximum atomic E-state index is 12.2. The average Bonchev–Trinajstić information content (AvgIpc) is 2.60. The second kappa shape index (κ2) is 10.1. The van der Waals surface area contributed by atoms with Crippen LogP contribution in [0.25, 0.3) is 0 Å². The SMILES string of the molecule is Cc1cc(Cl)ccc1N(CCCC(=O)NCCc1ccc(Cl)cc1)S(C)(=O)=O. The van der Waals surface area contributed by atoms with Crippen molar-refractivity contribution in [2.45, 2.75) is 26.2 Å². The van der Waals surface area contributed by atoms with Crippen LogP contribution >= 0.6 is 23.2 Å². The van der Waals surface area contributed by atoms with Crippen LogP contribution in [0.1, 0.15) is 24.0 Å². The molecule has 1 amide bonds. The molecule has 0 aromatic heterocycles. The summed E-state index contributed by atoms with van der Waals surface area (Å²) in [6, 6.07) is 12.5. The lowest BCUT2D eigenvalue weighted by Gasteiger charge is -2.24. The number of benzene rings is 2. The fourth-order valence-electron chi connectivity index (χ4n) is 2.83. The number of sulfonamides is 1. The van der Waals surface area contributed by atoms with Crippen molar-refractivity contribution in [2.24, 2.45) is 0 Å². The van der Waals surface area contributed by atoms with Crippen molar-refractivity contribution in [3.05, 3.63) is 63.6 Å². The number of aryl methyl sites for hydroxylation is 1. The van der Waals surface area contributed by atoms with Crippen molar-refractivity contribution in [3.8, 4) is 0 Å². The number of rotatable bonds is 9. The van der Waals surface area contributed by atoms with Gasteiger partial charge in [-0.3, -0.25) is 9.10 Å². The zero-order valence-corrected chi connectivity index (χ0v) is 18.2. The van der Waals surface area contributed by atoms with Crippen LogP contribution in [0.5, 0.6) is 0 Å². The number of nitrogens with zero attached hydrogens (tertiary/aromatic N) is 1. The molecule has 5 nitrogen and oxygen atoms in total. The fraction of sp³-hybridized carbons (Fsp3) is 0.350. The third-order valence-electron chi connectivity index (χ3n) is 4.24. The molecule has 2 aromatic rings.